The number of hydrogen-bond donors (Lipinski definition) is 0. The number of benzene rings is 2. The van der Waals surface area contributed by atoms with Crippen LogP contribution in [0.1, 0.15) is 47.9 Å². The Bertz CT molecular complexity index is 755. The molecule has 3 rings (SSSR count). The van der Waals surface area contributed by atoms with Crippen LogP contribution >= 0.6 is 0 Å². The highest BCUT2D eigenvalue weighted by atomic mass is 14.2. The van der Waals surface area contributed by atoms with Gasteiger partial charge in [0.15, 0.2) is 0 Å². The molecular weight excluding hydrogens is 288 g/mol. The van der Waals surface area contributed by atoms with Crippen LogP contribution in [0.5, 0.6) is 0 Å². The first kappa shape index (κ1) is 16.5. The maximum atomic E-state index is 4.27. The van der Waals surface area contributed by atoms with Gasteiger partial charge in [0.25, 0.3) is 0 Å². The van der Waals surface area contributed by atoms with E-state index >= 15 is 0 Å². The lowest BCUT2D eigenvalue weighted by Gasteiger charge is -2.18. The molecule has 122 valence electrons. The van der Waals surface area contributed by atoms with E-state index in [-0.39, 0.29) is 0 Å². The van der Waals surface area contributed by atoms with E-state index in [1.165, 1.54) is 33.4 Å². The maximum Gasteiger partial charge on any atom is 0.00559 e. The highest BCUT2D eigenvalue weighted by molar-refractivity contribution is 5.66. The molecule has 0 heteroatoms. The summed E-state index contributed by atoms with van der Waals surface area (Å²) in [6, 6.07) is 17.7. The Morgan fingerprint density at radius 2 is 1.75 bits per heavy atom. The zero-order chi connectivity index (χ0) is 16.9. The van der Waals surface area contributed by atoms with Crippen molar-refractivity contribution in [1.82, 2.24) is 0 Å². The van der Waals surface area contributed by atoms with Gasteiger partial charge in [-0.1, -0.05) is 85.8 Å². The van der Waals surface area contributed by atoms with Gasteiger partial charge in [-0.3, -0.25) is 0 Å². The average molecular weight is 314 g/mol. The fraction of sp³-hybridized carbons (Fsp3) is 0.250. The third-order valence-electron chi connectivity index (χ3n) is 4.87. The largest absolute Gasteiger partial charge is 0.0949 e. The van der Waals surface area contributed by atoms with E-state index in [0.29, 0.717) is 5.92 Å². The Kier molecular flexibility index (Phi) is 5.15. The third kappa shape index (κ3) is 3.94. The molecule has 0 heterocycles. The fourth-order valence-electron chi connectivity index (χ4n) is 3.18. The third-order valence-corrected chi connectivity index (χ3v) is 4.87. The first-order chi connectivity index (χ1) is 11.7. The molecule has 0 spiro atoms. The summed E-state index contributed by atoms with van der Waals surface area (Å²) in [6.07, 6.45) is 10.1. The smallest absolute Gasteiger partial charge is 0.00559 e. The van der Waals surface area contributed by atoms with Gasteiger partial charge in [-0.2, -0.15) is 0 Å². The first-order valence-corrected chi connectivity index (χ1v) is 8.86. The van der Waals surface area contributed by atoms with Crippen LogP contribution < -0.4 is 0 Å². The summed E-state index contributed by atoms with van der Waals surface area (Å²) in [7, 11) is 0. The predicted molar refractivity (Wildman–Crippen MR) is 105 cm³/mol. The summed E-state index contributed by atoms with van der Waals surface area (Å²) < 4.78 is 0. The highest BCUT2D eigenvalue weighted by Gasteiger charge is 2.12. The molecule has 1 aliphatic carbocycles. The van der Waals surface area contributed by atoms with Crippen LogP contribution in [0.4, 0.5) is 0 Å². The second-order valence-corrected chi connectivity index (χ2v) is 6.72. The molecule has 0 fully saturated rings. The van der Waals surface area contributed by atoms with Gasteiger partial charge in [0.2, 0.25) is 0 Å². The number of hydrogen-bond acceptors (Lipinski definition) is 0. The Hall–Kier alpha value is -2.34. The van der Waals surface area contributed by atoms with Gasteiger partial charge in [0.1, 0.15) is 0 Å². The fourth-order valence-corrected chi connectivity index (χ4v) is 3.18. The minimum absolute atomic E-state index is 0.507. The van der Waals surface area contributed by atoms with Crippen molar-refractivity contribution in [1.29, 1.82) is 0 Å². The van der Waals surface area contributed by atoms with Gasteiger partial charge in [-0.05, 0) is 54.0 Å². The molecule has 1 aliphatic rings. The summed E-state index contributed by atoms with van der Waals surface area (Å²) in [6.45, 7) is 8.59. The van der Waals surface area contributed by atoms with E-state index < -0.39 is 0 Å². The van der Waals surface area contributed by atoms with Crippen molar-refractivity contribution < 1.29 is 0 Å². The molecule has 0 bridgehead atoms. The predicted octanol–water partition coefficient (Wildman–Crippen LogP) is 6.63. The standard InChI is InChI=1S/C24H26/c1-4-20-7-13-23(14-8-20)24-15-9-21(10-16-24)17-19(3)22-11-5-18(2)6-12-22/h5-15,24H,3-4,16-17H2,1-2H3. The van der Waals surface area contributed by atoms with Crippen LogP contribution in [0, 0.1) is 6.92 Å². The van der Waals surface area contributed by atoms with Crippen molar-refractivity contribution in [2.45, 2.75) is 39.0 Å². The zero-order valence-corrected chi connectivity index (χ0v) is 14.8. The second-order valence-electron chi connectivity index (χ2n) is 6.72. The highest BCUT2D eigenvalue weighted by Crippen LogP contribution is 2.30. The van der Waals surface area contributed by atoms with E-state index in [1.807, 2.05) is 0 Å². The monoisotopic (exact) mass is 314 g/mol. The molecule has 0 N–H and O–H groups in total. The van der Waals surface area contributed by atoms with Gasteiger partial charge in [0, 0.05) is 5.92 Å². The lowest BCUT2D eigenvalue weighted by Crippen LogP contribution is -1.99. The maximum absolute atomic E-state index is 4.27. The Balaban J connectivity index is 1.62. The van der Waals surface area contributed by atoms with Crippen molar-refractivity contribution in [3.63, 3.8) is 0 Å². The summed E-state index contributed by atoms with van der Waals surface area (Å²) in [5.41, 5.74) is 7.92. The van der Waals surface area contributed by atoms with Crippen LogP contribution in [0.15, 0.2) is 78.9 Å². The molecule has 0 radical (unpaired) electrons. The first-order valence-electron chi connectivity index (χ1n) is 8.86. The summed E-state index contributed by atoms with van der Waals surface area (Å²) in [4.78, 5) is 0. The molecule has 0 amide bonds. The SMILES string of the molecule is C=C(CC1=CCC(c2ccc(CC)cc2)C=C1)c1ccc(C)cc1. The Morgan fingerprint density at radius 1 is 1.04 bits per heavy atom. The molecular formula is C24H26. The van der Waals surface area contributed by atoms with Gasteiger partial charge in [-0.15, -0.1) is 0 Å². The van der Waals surface area contributed by atoms with Crippen molar-refractivity contribution in [2.75, 3.05) is 0 Å². The lowest BCUT2D eigenvalue weighted by molar-refractivity contribution is 0.840. The molecule has 2 aromatic rings. The zero-order valence-electron chi connectivity index (χ0n) is 14.8. The van der Waals surface area contributed by atoms with Gasteiger partial charge >= 0.3 is 0 Å². The lowest BCUT2D eigenvalue weighted by atomic mass is 9.87. The van der Waals surface area contributed by atoms with Crippen LogP contribution in [0.25, 0.3) is 5.57 Å². The molecule has 0 saturated heterocycles. The topological polar surface area (TPSA) is 0 Å². The van der Waals surface area contributed by atoms with Crippen molar-refractivity contribution in [3.8, 4) is 0 Å². The van der Waals surface area contributed by atoms with Crippen molar-refractivity contribution in [2.24, 2.45) is 0 Å². The van der Waals surface area contributed by atoms with Gasteiger partial charge in [0.05, 0.1) is 0 Å². The van der Waals surface area contributed by atoms with Crippen LogP contribution in [-0.2, 0) is 6.42 Å². The molecule has 24 heavy (non-hydrogen) atoms. The van der Waals surface area contributed by atoms with Gasteiger partial charge < -0.3 is 0 Å². The number of aryl methyl sites for hydroxylation is 2. The molecule has 0 nitrogen and oxygen atoms in total. The van der Waals surface area contributed by atoms with E-state index in [1.54, 1.807) is 0 Å². The number of allylic oxidation sites excluding steroid dienone is 5. The molecule has 1 atom stereocenters. The number of rotatable bonds is 5. The molecule has 1 unspecified atom stereocenters. The second kappa shape index (κ2) is 7.49. The van der Waals surface area contributed by atoms with Crippen LogP contribution in [0.2, 0.25) is 0 Å². The van der Waals surface area contributed by atoms with Crippen LogP contribution in [-0.4, -0.2) is 0 Å². The normalized spacial score (nSPS) is 16.8. The quantitative estimate of drug-likeness (QED) is 0.581. The van der Waals surface area contributed by atoms with E-state index in [4.69, 9.17) is 0 Å². The van der Waals surface area contributed by atoms with Crippen molar-refractivity contribution >= 4 is 5.57 Å². The molecule has 0 aromatic heterocycles. The van der Waals surface area contributed by atoms with Gasteiger partial charge in [-0.25, -0.2) is 0 Å². The molecule has 2 aromatic carbocycles. The average Bonchev–Trinajstić information content (AvgIpc) is 2.63. The van der Waals surface area contributed by atoms with E-state index in [2.05, 4.69) is 87.2 Å². The minimum atomic E-state index is 0.507. The minimum Gasteiger partial charge on any atom is -0.0949 e. The summed E-state index contributed by atoms with van der Waals surface area (Å²) >= 11 is 0. The van der Waals surface area contributed by atoms with Crippen molar-refractivity contribution in [3.05, 3.63) is 101 Å². The summed E-state index contributed by atoms with van der Waals surface area (Å²) in [5, 5.41) is 0. The Morgan fingerprint density at radius 3 is 2.33 bits per heavy atom. The van der Waals surface area contributed by atoms with E-state index in [9.17, 15) is 0 Å². The molecule has 0 aliphatic heterocycles. The molecule has 0 saturated carbocycles. The summed E-state index contributed by atoms with van der Waals surface area (Å²) in [5.74, 6) is 0.507. The van der Waals surface area contributed by atoms with E-state index in [0.717, 1.165) is 19.3 Å². The Labute approximate surface area is 146 Å². The van der Waals surface area contributed by atoms with Crippen LogP contribution in [0.3, 0.4) is 0 Å².